The number of hydrogen-bond acceptors (Lipinski definition) is 4. The highest BCUT2D eigenvalue weighted by molar-refractivity contribution is 7.86. The van der Waals surface area contributed by atoms with Crippen molar-refractivity contribution in [3.05, 3.63) is 47.5 Å². The first-order chi connectivity index (χ1) is 12.9. The Morgan fingerprint density at radius 2 is 2.00 bits per heavy atom. The van der Waals surface area contributed by atoms with Crippen LogP contribution in [-0.4, -0.2) is 53.4 Å². The van der Waals surface area contributed by atoms with Crippen LogP contribution in [0.5, 0.6) is 5.75 Å². The maximum Gasteiger partial charge on any atom is 0.281 e. The van der Waals surface area contributed by atoms with Crippen LogP contribution in [0, 0.1) is 5.82 Å². The summed E-state index contributed by atoms with van der Waals surface area (Å²) < 4.78 is 46.8. The Hall–Kier alpha value is -1.97. The van der Waals surface area contributed by atoms with E-state index in [0.29, 0.717) is 31.9 Å². The molecule has 148 valence electrons. The summed E-state index contributed by atoms with van der Waals surface area (Å²) in [5.74, 6) is 0.327. The van der Waals surface area contributed by atoms with E-state index >= 15 is 0 Å². The topological polar surface area (TPSA) is 78.5 Å². The molecule has 0 bridgehead atoms. The zero-order chi connectivity index (χ0) is 19.4. The van der Waals surface area contributed by atoms with E-state index in [1.165, 1.54) is 20.7 Å². The van der Waals surface area contributed by atoms with Gasteiger partial charge < -0.3 is 4.74 Å². The van der Waals surface area contributed by atoms with Crippen LogP contribution in [-0.2, 0) is 16.8 Å². The smallest absolute Gasteiger partial charge is 0.281 e. The summed E-state index contributed by atoms with van der Waals surface area (Å²) in [6, 6.07) is 7.73. The van der Waals surface area contributed by atoms with Gasteiger partial charge in [-0.05, 0) is 36.8 Å². The molecule has 1 fully saturated rings. The molecule has 1 aromatic heterocycles. The lowest BCUT2D eigenvalue weighted by Gasteiger charge is -2.25. The number of nitrogens with one attached hydrogen (secondary N) is 1. The van der Waals surface area contributed by atoms with Gasteiger partial charge in [-0.3, -0.25) is 5.10 Å². The quantitative estimate of drug-likeness (QED) is 0.744. The van der Waals surface area contributed by atoms with Crippen molar-refractivity contribution in [3.8, 4) is 5.75 Å². The highest BCUT2D eigenvalue weighted by Crippen LogP contribution is 2.29. The second-order valence-electron chi connectivity index (χ2n) is 6.50. The molecular weight excluding hydrogens is 371 g/mol. The van der Waals surface area contributed by atoms with Gasteiger partial charge in [0.15, 0.2) is 0 Å². The summed E-state index contributed by atoms with van der Waals surface area (Å²) in [4.78, 5) is 0. The molecule has 1 aliphatic heterocycles. The summed E-state index contributed by atoms with van der Waals surface area (Å²) >= 11 is 0. The molecule has 0 spiro atoms. The number of aromatic nitrogens is 2. The number of nitrogens with zero attached hydrogens (tertiary/aromatic N) is 3. The van der Waals surface area contributed by atoms with Gasteiger partial charge in [0, 0.05) is 32.1 Å². The van der Waals surface area contributed by atoms with Gasteiger partial charge in [-0.2, -0.15) is 22.1 Å². The third-order valence-corrected chi connectivity index (χ3v) is 6.94. The van der Waals surface area contributed by atoms with Crippen molar-refractivity contribution >= 4 is 10.2 Å². The summed E-state index contributed by atoms with van der Waals surface area (Å²) in [5, 5.41) is 7.26. The summed E-state index contributed by atoms with van der Waals surface area (Å²) in [6.07, 6.45) is 0.740. The molecular formula is C18H25FN4O3S. The molecule has 27 heavy (non-hydrogen) atoms. The normalized spacial score (nSPS) is 18.3. The number of ether oxygens (including phenoxy) is 1. The third kappa shape index (κ3) is 4.48. The first kappa shape index (κ1) is 19.8. The molecule has 1 atom stereocenters. The van der Waals surface area contributed by atoms with Gasteiger partial charge in [-0.15, -0.1) is 0 Å². The van der Waals surface area contributed by atoms with Gasteiger partial charge in [-0.1, -0.05) is 13.8 Å². The van der Waals surface area contributed by atoms with Crippen LogP contribution >= 0.6 is 0 Å². The Kier molecular flexibility index (Phi) is 6.13. The van der Waals surface area contributed by atoms with E-state index in [9.17, 15) is 12.8 Å². The molecule has 3 rings (SSSR count). The Morgan fingerprint density at radius 1 is 1.30 bits per heavy atom. The Morgan fingerprint density at radius 3 is 2.67 bits per heavy atom. The molecule has 1 aromatic carbocycles. The van der Waals surface area contributed by atoms with Crippen molar-refractivity contribution in [2.24, 2.45) is 0 Å². The van der Waals surface area contributed by atoms with Crippen molar-refractivity contribution in [2.75, 3.05) is 26.2 Å². The van der Waals surface area contributed by atoms with Gasteiger partial charge in [0.1, 0.15) is 18.2 Å². The third-order valence-electron chi connectivity index (χ3n) is 4.79. The van der Waals surface area contributed by atoms with E-state index < -0.39 is 10.2 Å². The number of H-pyrrole nitrogens is 1. The minimum absolute atomic E-state index is 0.0613. The molecule has 1 saturated heterocycles. The minimum atomic E-state index is -3.41. The molecule has 2 heterocycles. The van der Waals surface area contributed by atoms with E-state index in [2.05, 4.69) is 10.2 Å². The Bertz CT molecular complexity index is 850. The maximum absolute atomic E-state index is 12.9. The molecule has 0 unspecified atom stereocenters. The van der Waals surface area contributed by atoms with Crippen LogP contribution in [0.1, 0.15) is 37.6 Å². The second-order valence-corrected chi connectivity index (χ2v) is 8.42. The van der Waals surface area contributed by atoms with Crippen LogP contribution in [0.4, 0.5) is 4.39 Å². The number of halogens is 1. The van der Waals surface area contributed by atoms with Crippen molar-refractivity contribution in [1.29, 1.82) is 0 Å². The van der Waals surface area contributed by atoms with Crippen molar-refractivity contribution in [1.82, 2.24) is 18.8 Å². The van der Waals surface area contributed by atoms with Crippen molar-refractivity contribution in [3.63, 3.8) is 0 Å². The molecule has 0 amide bonds. The van der Waals surface area contributed by atoms with Gasteiger partial charge in [0.05, 0.1) is 11.4 Å². The van der Waals surface area contributed by atoms with Crippen LogP contribution in [0.15, 0.2) is 30.3 Å². The Balaban J connectivity index is 1.59. The number of rotatable bonds is 8. The molecule has 1 N–H and O–H groups in total. The van der Waals surface area contributed by atoms with Crippen LogP contribution in [0.3, 0.4) is 0 Å². The molecule has 9 heteroatoms. The van der Waals surface area contributed by atoms with Crippen LogP contribution < -0.4 is 4.74 Å². The Labute approximate surface area is 159 Å². The van der Waals surface area contributed by atoms with Crippen LogP contribution in [0.2, 0.25) is 0 Å². The van der Waals surface area contributed by atoms with E-state index in [1.807, 2.05) is 19.9 Å². The van der Waals surface area contributed by atoms with Crippen molar-refractivity contribution < 1.29 is 17.5 Å². The van der Waals surface area contributed by atoms with Gasteiger partial charge in [0.25, 0.3) is 10.2 Å². The molecule has 0 aliphatic carbocycles. The van der Waals surface area contributed by atoms with E-state index in [4.69, 9.17) is 4.74 Å². The molecule has 1 aliphatic rings. The summed E-state index contributed by atoms with van der Waals surface area (Å²) in [6.45, 7) is 5.83. The standard InChI is InChI=1S/C18H25FN4O3S/c1-3-22(4-2)27(24,25)23-10-9-14(12-23)18-11-16(20-21-18)13-26-17-7-5-15(19)6-8-17/h5-8,11,14H,3-4,9-10,12-13H2,1-2H3,(H,20,21)/t14-/m0/s1. The average molecular weight is 396 g/mol. The lowest BCUT2D eigenvalue weighted by Crippen LogP contribution is -2.42. The molecule has 0 saturated carbocycles. The fraction of sp³-hybridized carbons (Fsp3) is 0.500. The summed E-state index contributed by atoms with van der Waals surface area (Å²) in [7, 11) is -3.41. The van der Waals surface area contributed by atoms with Gasteiger partial charge >= 0.3 is 0 Å². The van der Waals surface area contributed by atoms with Gasteiger partial charge in [-0.25, -0.2) is 4.39 Å². The lowest BCUT2D eigenvalue weighted by molar-refractivity contribution is 0.300. The van der Waals surface area contributed by atoms with Crippen LogP contribution in [0.25, 0.3) is 0 Å². The molecule has 2 aromatic rings. The van der Waals surface area contributed by atoms with Gasteiger partial charge in [0.2, 0.25) is 0 Å². The number of aromatic amines is 1. The molecule has 7 nitrogen and oxygen atoms in total. The SMILES string of the molecule is CCN(CC)S(=O)(=O)N1CC[C@H](c2cc(COc3ccc(F)cc3)[nH]n2)C1. The predicted octanol–water partition coefficient (Wildman–Crippen LogP) is 2.50. The highest BCUT2D eigenvalue weighted by atomic mass is 32.2. The van der Waals surface area contributed by atoms with E-state index in [-0.39, 0.29) is 18.3 Å². The first-order valence-corrected chi connectivity index (χ1v) is 10.5. The fourth-order valence-electron chi connectivity index (χ4n) is 3.25. The highest BCUT2D eigenvalue weighted by Gasteiger charge is 2.35. The fourth-order valence-corrected chi connectivity index (χ4v) is 4.93. The molecule has 0 radical (unpaired) electrons. The zero-order valence-electron chi connectivity index (χ0n) is 15.6. The summed E-state index contributed by atoms with van der Waals surface area (Å²) in [5.41, 5.74) is 1.63. The van der Waals surface area contributed by atoms with E-state index in [0.717, 1.165) is 17.8 Å². The zero-order valence-corrected chi connectivity index (χ0v) is 16.4. The predicted molar refractivity (Wildman–Crippen MR) is 100 cm³/mol. The lowest BCUT2D eigenvalue weighted by atomic mass is 10.1. The first-order valence-electron chi connectivity index (χ1n) is 9.11. The monoisotopic (exact) mass is 396 g/mol. The largest absolute Gasteiger partial charge is 0.487 e. The number of benzene rings is 1. The number of hydrogen-bond donors (Lipinski definition) is 1. The van der Waals surface area contributed by atoms with Crippen molar-refractivity contribution in [2.45, 2.75) is 32.8 Å². The second kappa shape index (κ2) is 8.37. The van der Waals surface area contributed by atoms with E-state index in [1.54, 1.807) is 12.1 Å². The maximum atomic E-state index is 12.9. The average Bonchev–Trinajstić information content (AvgIpc) is 3.32. The minimum Gasteiger partial charge on any atom is -0.487 e.